The molecule has 2 nitrogen and oxygen atoms in total. The van der Waals surface area contributed by atoms with Gasteiger partial charge < -0.3 is 5.11 Å². The van der Waals surface area contributed by atoms with E-state index in [1.165, 1.54) is 9.13 Å². The van der Waals surface area contributed by atoms with Gasteiger partial charge >= 0.3 is 0 Å². The minimum atomic E-state index is -0.0937. The Hall–Kier alpha value is -0.130. The average Bonchev–Trinajstić information content (AvgIpc) is 2.06. The van der Waals surface area contributed by atoms with Gasteiger partial charge in [0, 0.05) is 23.2 Å². The first kappa shape index (κ1) is 9.43. The summed E-state index contributed by atoms with van der Waals surface area (Å²) in [6.07, 6.45) is -0.0937. The SMILES string of the molecule is OC1CN(Cc2ccc(I)cc2)C1. The Kier molecular flexibility index (Phi) is 2.86. The zero-order valence-corrected chi connectivity index (χ0v) is 9.44. The van der Waals surface area contributed by atoms with Crippen LogP contribution in [0.5, 0.6) is 0 Å². The van der Waals surface area contributed by atoms with Gasteiger partial charge in [-0.15, -0.1) is 0 Å². The maximum Gasteiger partial charge on any atom is 0.0794 e. The van der Waals surface area contributed by atoms with Crippen molar-refractivity contribution in [1.82, 2.24) is 4.90 Å². The standard InChI is InChI=1S/C10H12INO/c11-9-3-1-8(2-4-9)5-12-6-10(13)7-12/h1-4,10,13H,5-7H2. The molecule has 13 heavy (non-hydrogen) atoms. The summed E-state index contributed by atoms with van der Waals surface area (Å²) in [5, 5.41) is 9.10. The number of halogens is 1. The van der Waals surface area contributed by atoms with Gasteiger partial charge in [-0.1, -0.05) is 12.1 Å². The maximum atomic E-state index is 9.10. The van der Waals surface area contributed by atoms with Crippen molar-refractivity contribution in [3.05, 3.63) is 33.4 Å². The lowest BCUT2D eigenvalue weighted by Gasteiger charge is -2.35. The molecule has 0 aromatic heterocycles. The monoisotopic (exact) mass is 289 g/mol. The lowest BCUT2D eigenvalue weighted by Crippen LogP contribution is -2.49. The molecule has 3 heteroatoms. The summed E-state index contributed by atoms with van der Waals surface area (Å²) >= 11 is 2.30. The zero-order chi connectivity index (χ0) is 9.26. The first-order valence-corrected chi connectivity index (χ1v) is 5.47. The van der Waals surface area contributed by atoms with Crippen LogP contribution in [0.25, 0.3) is 0 Å². The first-order valence-electron chi connectivity index (χ1n) is 4.39. The quantitative estimate of drug-likeness (QED) is 0.833. The van der Waals surface area contributed by atoms with Crippen molar-refractivity contribution in [3.63, 3.8) is 0 Å². The smallest absolute Gasteiger partial charge is 0.0794 e. The van der Waals surface area contributed by atoms with Crippen LogP contribution in [-0.4, -0.2) is 29.2 Å². The fourth-order valence-electron chi connectivity index (χ4n) is 1.52. The average molecular weight is 289 g/mol. The fraction of sp³-hybridized carbons (Fsp3) is 0.400. The third-order valence-electron chi connectivity index (χ3n) is 2.26. The van der Waals surface area contributed by atoms with Crippen molar-refractivity contribution in [2.75, 3.05) is 13.1 Å². The van der Waals surface area contributed by atoms with Crippen molar-refractivity contribution in [2.45, 2.75) is 12.6 Å². The molecule has 0 spiro atoms. The van der Waals surface area contributed by atoms with Gasteiger partial charge in [-0.25, -0.2) is 0 Å². The van der Waals surface area contributed by atoms with E-state index < -0.39 is 0 Å². The van der Waals surface area contributed by atoms with Crippen molar-refractivity contribution in [2.24, 2.45) is 0 Å². The van der Waals surface area contributed by atoms with E-state index in [1.54, 1.807) is 0 Å². The molecular formula is C10H12INO. The molecule has 1 aromatic rings. The Morgan fingerprint density at radius 1 is 1.31 bits per heavy atom. The van der Waals surface area contributed by atoms with Crippen LogP contribution in [0.15, 0.2) is 24.3 Å². The molecule has 0 saturated carbocycles. The highest BCUT2D eigenvalue weighted by Crippen LogP contribution is 2.14. The van der Waals surface area contributed by atoms with E-state index in [-0.39, 0.29) is 6.10 Å². The Morgan fingerprint density at radius 3 is 2.46 bits per heavy atom. The van der Waals surface area contributed by atoms with Crippen LogP contribution < -0.4 is 0 Å². The molecule has 0 bridgehead atoms. The molecule has 1 N–H and O–H groups in total. The molecule has 1 aliphatic heterocycles. The van der Waals surface area contributed by atoms with Gasteiger partial charge in [0.05, 0.1) is 6.10 Å². The lowest BCUT2D eigenvalue weighted by molar-refractivity contribution is -0.00286. The summed E-state index contributed by atoms with van der Waals surface area (Å²) in [5.41, 5.74) is 1.33. The van der Waals surface area contributed by atoms with Crippen LogP contribution in [0, 0.1) is 3.57 Å². The van der Waals surface area contributed by atoms with Crippen molar-refractivity contribution in [3.8, 4) is 0 Å². The Bertz CT molecular complexity index is 279. The van der Waals surface area contributed by atoms with E-state index in [1.807, 2.05) is 0 Å². The minimum absolute atomic E-state index is 0.0937. The topological polar surface area (TPSA) is 23.5 Å². The summed E-state index contributed by atoms with van der Waals surface area (Å²) in [4.78, 5) is 2.24. The second-order valence-electron chi connectivity index (χ2n) is 3.47. The number of rotatable bonds is 2. The number of hydrogen-bond acceptors (Lipinski definition) is 2. The third kappa shape index (κ3) is 2.42. The van der Waals surface area contributed by atoms with Crippen LogP contribution in [0.2, 0.25) is 0 Å². The minimum Gasteiger partial charge on any atom is -0.390 e. The lowest BCUT2D eigenvalue weighted by atomic mass is 10.1. The molecule has 0 unspecified atom stereocenters. The highest BCUT2D eigenvalue weighted by atomic mass is 127. The first-order chi connectivity index (χ1) is 6.24. The summed E-state index contributed by atoms with van der Waals surface area (Å²) in [5.74, 6) is 0. The van der Waals surface area contributed by atoms with Crippen molar-refractivity contribution >= 4 is 22.6 Å². The molecule has 1 heterocycles. The van der Waals surface area contributed by atoms with E-state index in [0.717, 1.165) is 19.6 Å². The summed E-state index contributed by atoms with van der Waals surface area (Å²) in [6, 6.07) is 8.52. The van der Waals surface area contributed by atoms with E-state index in [2.05, 4.69) is 51.8 Å². The van der Waals surface area contributed by atoms with Gasteiger partial charge in [-0.05, 0) is 40.3 Å². The number of benzene rings is 1. The molecule has 1 fully saturated rings. The number of hydrogen-bond donors (Lipinski definition) is 1. The van der Waals surface area contributed by atoms with Gasteiger partial charge in [0.1, 0.15) is 0 Å². The number of likely N-dealkylation sites (tertiary alicyclic amines) is 1. The van der Waals surface area contributed by atoms with E-state index in [4.69, 9.17) is 5.11 Å². The summed E-state index contributed by atoms with van der Waals surface area (Å²) in [6.45, 7) is 2.62. The molecule has 0 amide bonds. The highest BCUT2D eigenvalue weighted by molar-refractivity contribution is 14.1. The number of β-amino-alcohol motifs (C(OH)–C–C–N with tert-alkyl or cyclic N) is 1. The fourth-order valence-corrected chi connectivity index (χ4v) is 1.88. The number of aliphatic hydroxyl groups is 1. The van der Waals surface area contributed by atoms with E-state index in [9.17, 15) is 0 Å². The van der Waals surface area contributed by atoms with Crippen LogP contribution in [0.3, 0.4) is 0 Å². The Balaban J connectivity index is 1.91. The predicted octanol–water partition coefficient (Wildman–Crippen LogP) is 1.47. The molecule has 70 valence electrons. The third-order valence-corrected chi connectivity index (χ3v) is 2.98. The molecule has 1 saturated heterocycles. The highest BCUT2D eigenvalue weighted by Gasteiger charge is 2.23. The predicted molar refractivity (Wildman–Crippen MR) is 60.4 cm³/mol. The van der Waals surface area contributed by atoms with Crippen LogP contribution in [0.4, 0.5) is 0 Å². The normalized spacial score (nSPS) is 18.6. The zero-order valence-electron chi connectivity index (χ0n) is 7.28. The molecule has 1 aliphatic rings. The van der Waals surface area contributed by atoms with E-state index in [0.29, 0.717) is 0 Å². The Labute approximate surface area is 91.7 Å². The van der Waals surface area contributed by atoms with Crippen molar-refractivity contribution < 1.29 is 5.11 Å². The van der Waals surface area contributed by atoms with Gasteiger partial charge in [-0.2, -0.15) is 0 Å². The van der Waals surface area contributed by atoms with E-state index >= 15 is 0 Å². The second-order valence-corrected chi connectivity index (χ2v) is 4.72. The largest absolute Gasteiger partial charge is 0.390 e. The van der Waals surface area contributed by atoms with Crippen LogP contribution >= 0.6 is 22.6 Å². The molecule has 2 rings (SSSR count). The molecule has 0 aliphatic carbocycles. The van der Waals surface area contributed by atoms with Crippen LogP contribution in [-0.2, 0) is 6.54 Å². The molecule has 1 aromatic carbocycles. The van der Waals surface area contributed by atoms with Crippen molar-refractivity contribution in [1.29, 1.82) is 0 Å². The second kappa shape index (κ2) is 3.94. The molecule has 0 atom stereocenters. The molecular weight excluding hydrogens is 277 g/mol. The summed E-state index contributed by atoms with van der Waals surface area (Å²) in [7, 11) is 0. The van der Waals surface area contributed by atoms with Gasteiger partial charge in [0.25, 0.3) is 0 Å². The van der Waals surface area contributed by atoms with Gasteiger partial charge in [0.15, 0.2) is 0 Å². The maximum absolute atomic E-state index is 9.10. The number of nitrogens with zero attached hydrogens (tertiary/aromatic N) is 1. The van der Waals surface area contributed by atoms with Gasteiger partial charge in [0.2, 0.25) is 0 Å². The number of aliphatic hydroxyl groups excluding tert-OH is 1. The molecule has 0 radical (unpaired) electrons. The van der Waals surface area contributed by atoms with Crippen LogP contribution in [0.1, 0.15) is 5.56 Å². The Morgan fingerprint density at radius 2 is 1.92 bits per heavy atom. The van der Waals surface area contributed by atoms with Gasteiger partial charge in [-0.3, -0.25) is 4.90 Å². The summed E-state index contributed by atoms with van der Waals surface area (Å²) < 4.78 is 1.27.